The largest absolute Gasteiger partial charge is 0.365 e. The van der Waals surface area contributed by atoms with Crippen LogP contribution in [0.15, 0.2) is 196 Å². The first-order valence-electron chi connectivity index (χ1n) is 31.1. The van der Waals surface area contributed by atoms with Gasteiger partial charge in [0, 0.05) is 134 Å². The maximum atomic E-state index is 4.08. The van der Waals surface area contributed by atoms with Crippen LogP contribution in [0.2, 0.25) is 0 Å². The van der Waals surface area contributed by atoms with Crippen LogP contribution in [-0.2, 0) is 0 Å². The number of hydrogen-bond donors (Lipinski definition) is 1. The second-order valence-electron chi connectivity index (χ2n) is 22.6. The Bertz CT molecular complexity index is 2960. The van der Waals surface area contributed by atoms with Gasteiger partial charge >= 0.3 is 0 Å². The van der Waals surface area contributed by atoms with E-state index in [4.69, 9.17) is 0 Å². The highest BCUT2D eigenvalue weighted by molar-refractivity contribution is 5.81. The van der Waals surface area contributed by atoms with Crippen LogP contribution in [0, 0.1) is 125 Å². The van der Waals surface area contributed by atoms with Gasteiger partial charge in [-0.3, -0.25) is 44.9 Å². The van der Waals surface area contributed by atoms with Crippen molar-refractivity contribution in [2.24, 2.45) is 15.0 Å². The van der Waals surface area contributed by atoms with Crippen LogP contribution < -0.4 is 0 Å². The Balaban J connectivity index is 0.000000502. The van der Waals surface area contributed by atoms with E-state index in [9.17, 15) is 0 Å². The van der Waals surface area contributed by atoms with Crippen LogP contribution in [0.4, 0.5) is 0 Å². The molecule has 3 aliphatic rings. The van der Waals surface area contributed by atoms with E-state index in [1.807, 2.05) is 168 Å². The second kappa shape index (κ2) is 46.6. The summed E-state index contributed by atoms with van der Waals surface area (Å²) in [5.41, 5.74) is 29.6. The normalized spacial score (nSPS) is 11.5. The highest BCUT2D eigenvalue weighted by atomic mass is 15.1. The fraction of sp³-hybridized carbons (Fsp3) is 0.346. The van der Waals surface area contributed by atoms with Gasteiger partial charge in [-0.2, -0.15) is 10.2 Å². The molecule has 14 heteroatoms. The third-order valence-corrected chi connectivity index (χ3v) is 15.1. The van der Waals surface area contributed by atoms with Crippen molar-refractivity contribution < 1.29 is 0 Å². The first-order chi connectivity index (χ1) is 43.7. The van der Waals surface area contributed by atoms with Gasteiger partial charge < -0.3 is 4.98 Å². The maximum Gasteiger partial charge on any atom is 0.115 e. The molecular weight excluding hydrogens is 1130 g/mol. The molecule has 0 amide bonds. The molecular formula is C78H106N14. The van der Waals surface area contributed by atoms with E-state index in [-0.39, 0.29) is 0 Å². The zero-order chi connectivity index (χ0) is 69.0. The maximum absolute atomic E-state index is 4.08. The average Bonchev–Trinajstić information content (AvgIpc) is 4.56. The predicted octanol–water partition coefficient (Wildman–Crippen LogP) is 18.9. The molecule has 0 unspecified atom stereocenters. The first-order valence-corrected chi connectivity index (χ1v) is 31.1. The summed E-state index contributed by atoms with van der Waals surface area (Å²) in [5, 5.41) is 7.52. The minimum Gasteiger partial charge on any atom is -0.365 e. The zero-order valence-corrected chi connectivity index (χ0v) is 60.0. The zero-order valence-electron chi connectivity index (χ0n) is 60.0. The second-order valence-corrected chi connectivity index (χ2v) is 22.6. The third-order valence-electron chi connectivity index (χ3n) is 15.1. The molecule has 0 spiro atoms. The number of pyridine rings is 4. The van der Waals surface area contributed by atoms with E-state index >= 15 is 0 Å². The highest BCUT2D eigenvalue weighted by Gasteiger charge is 1.99. The SMILES string of the molecule is CC1=C(C)CN=C1.CC1=C(C)N=CC1.CC1=C(C)N=CC1.Cc1cc[nH]c1C.Cc1ccccc1C.Cc1cccnc1C.Cc1cccnc1C.Cc1ccncc1C.Cc1ccncc1C.Cc1ccnnc1C.Cc1cncnc1C.Cc1nccnc1C. The Morgan fingerprint density at radius 3 is 0.946 bits per heavy atom. The van der Waals surface area contributed by atoms with Gasteiger partial charge in [0.1, 0.15) is 6.33 Å². The average molecular weight is 1240 g/mol. The summed E-state index contributed by atoms with van der Waals surface area (Å²) in [6.45, 7) is 50.1. The number of aliphatic imine (C=N–C) groups is 3. The molecule has 0 bridgehead atoms. The lowest BCUT2D eigenvalue weighted by Gasteiger charge is -1.93. The van der Waals surface area contributed by atoms with E-state index in [0.29, 0.717) is 0 Å². The van der Waals surface area contributed by atoms with E-state index < -0.39 is 0 Å². The number of nitrogens with one attached hydrogen (secondary N) is 1. The van der Waals surface area contributed by atoms with Crippen LogP contribution in [0.3, 0.4) is 0 Å². The van der Waals surface area contributed by atoms with Crippen LogP contribution in [0.5, 0.6) is 0 Å². The topological polar surface area (TPSA) is 182 Å². The number of benzene rings is 1. The Kier molecular flexibility index (Phi) is 40.8. The Morgan fingerprint density at radius 2 is 0.739 bits per heavy atom. The van der Waals surface area contributed by atoms with E-state index in [0.717, 1.165) is 59.1 Å². The number of H-pyrrole nitrogens is 1. The number of allylic oxidation sites excluding steroid dienone is 5. The lowest BCUT2D eigenvalue weighted by Crippen LogP contribution is -1.87. The van der Waals surface area contributed by atoms with Crippen molar-refractivity contribution in [2.45, 2.75) is 179 Å². The number of nitrogens with zero attached hydrogens (tertiary/aromatic N) is 13. The summed E-state index contributed by atoms with van der Waals surface area (Å²) >= 11 is 0. The van der Waals surface area contributed by atoms with Crippen molar-refractivity contribution in [3.8, 4) is 0 Å². The van der Waals surface area contributed by atoms with Crippen molar-refractivity contribution in [3.05, 3.63) is 282 Å². The molecule has 1 aromatic carbocycles. The van der Waals surface area contributed by atoms with E-state index in [2.05, 4.69) is 209 Å². The van der Waals surface area contributed by atoms with Gasteiger partial charge in [0.05, 0.1) is 23.6 Å². The number of aromatic amines is 1. The number of aromatic nitrogens is 11. The molecule has 9 aromatic rings. The van der Waals surface area contributed by atoms with Crippen molar-refractivity contribution >= 4 is 18.6 Å². The lowest BCUT2D eigenvalue weighted by atomic mass is 10.1. The number of rotatable bonds is 0. The lowest BCUT2D eigenvalue weighted by molar-refractivity contribution is 0.961. The standard InChI is InChI=1S/C8H10.4C7H9N.3C6H8N2.4C6H9N/c1-7-5-3-4-6-8(7)2;2*1-6-3-4-8-5-7(6)2;2*1-6-4-3-5-8-7(6)2;1-5-3-7-4-8-6(5)2;1-5-6(2)8-4-3-7-5;1-5-3-4-7-8-6(5)2;1-5-3-7-4-6(5)2;3*1-5-3-4-7-6(5)2/h3-6H,1-2H3;4*3-5H,1-2H3;3*3-4H,1-2H3;3H,4H2,1-2H3;2*4H,3H2,1-2H3;3-4,7H,1-2H3. The monoisotopic (exact) mass is 1240 g/mol. The summed E-state index contributed by atoms with van der Waals surface area (Å²) < 4.78 is 0. The molecule has 0 radical (unpaired) electrons. The summed E-state index contributed by atoms with van der Waals surface area (Å²) in [7, 11) is 0. The molecule has 11 heterocycles. The molecule has 0 saturated heterocycles. The molecule has 92 heavy (non-hydrogen) atoms. The highest BCUT2D eigenvalue weighted by Crippen LogP contribution is 2.14. The van der Waals surface area contributed by atoms with Crippen molar-refractivity contribution in [1.82, 2.24) is 55.1 Å². The molecule has 8 aromatic heterocycles. The molecule has 0 fully saturated rings. The minimum absolute atomic E-state index is 0.922. The van der Waals surface area contributed by atoms with Crippen LogP contribution in [0.1, 0.15) is 155 Å². The Labute approximate surface area is 553 Å². The number of aryl methyl sites for hydroxylation is 18. The molecule has 14 nitrogen and oxygen atoms in total. The minimum atomic E-state index is 0.922. The van der Waals surface area contributed by atoms with Crippen LogP contribution >= 0.6 is 0 Å². The molecule has 1 N–H and O–H groups in total. The molecule has 12 rings (SSSR count). The van der Waals surface area contributed by atoms with Gasteiger partial charge in [0.2, 0.25) is 0 Å². The summed E-state index contributed by atoms with van der Waals surface area (Å²) in [6.07, 6.45) is 29.3. The smallest absolute Gasteiger partial charge is 0.115 e. The summed E-state index contributed by atoms with van der Waals surface area (Å²) in [5.74, 6) is 0. The molecule has 3 aliphatic heterocycles. The molecule has 0 saturated carbocycles. The third kappa shape index (κ3) is 36.3. The van der Waals surface area contributed by atoms with Crippen molar-refractivity contribution in [3.63, 3.8) is 0 Å². The fourth-order valence-corrected chi connectivity index (χ4v) is 6.52. The predicted molar refractivity (Wildman–Crippen MR) is 390 cm³/mol. The van der Waals surface area contributed by atoms with Gasteiger partial charge in [-0.15, -0.1) is 0 Å². The molecule has 0 aliphatic carbocycles. The molecule has 488 valence electrons. The summed E-state index contributed by atoms with van der Waals surface area (Å²) in [6, 6.07) is 24.4. The van der Waals surface area contributed by atoms with Gasteiger partial charge in [-0.05, 0) is 286 Å². The fourth-order valence-electron chi connectivity index (χ4n) is 6.52. The van der Waals surface area contributed by atoms with Crippen LogP contribution in [0.25, 0.3) is 0 Å². The van der Waals surface area contributed by atoms with Gasteiger partial charge in [0.25, 0.3) is 0 Å². The van der Waals surface area contributed by atoms with Crippen LogP contribution in [-0.4, -0.2) is 80.2 Å². The van der Waals surface area contributed by atoms with Gasteiger partial charge in [-0.25, -0.2) is 9.97 Å². The molecule has 0 atom stereocenters. The van der Waals surface area contributed by atoms with Gasteiger partial charge in [0.15, 0.2) is 0 Å². The van der Waals surface area contributed by atoms with E-state index in [1.165, 1.54) is 95.0 Å². The quantitative estimate of drug-likeness (QED) is 0.153. The van der Waals surface area contributed by atoms with Crippen molar-refractivity contribution in [1.29, 1.82) is 0 Å². The Morgan fingerprint density at radius 1 is 0.326 bits per heavy atom. The van der Waals surface area contributed by atoms with Crippen molar-refractivity contribution in [2.75, 3.05) is 6.54 Å². The number of hydrogen-bond acceptors (Lipinski definition) is 13. The van der Waals surface area contributed by atoms with Gasteiger partial charge in [-0.1, -0.05) is 36.4 Å². The summed E-state index contributed by atoms with van der Waals surface area (Å²) in [4.78, 5) is 47.1. The van der Waals surface area contributed by atoms with E-state index in [1.54, 1.807) is 24.9 Å². The Hall–Kier alpha value is -9.43. The first kappa shape index (κ1) is 80.6.